The predicted molar refractivity (Wildman–Crippen MR) is 116 cm³/mol. The number of anilines is 2. The van der Waals surface area contributed by atoms with Crippen molar-refractivity contribution in [2.24, 2.45) is 5.41 Å². The van der Waals surface area contributed by atoms with E-state index in [9.17, 15) is 4.79 Å². The van der Waals surface area contributed by atoms with Gasteiger partial charge in [-0.3, -0.25) is 0 Å². The standard InChI is InChI=1S/C23H22N2O3S/c1-23(2,3)13-12-18-15-19(21(29-18)22(26)27-4)25-16-8-10-17(11-9-16)28-20-7-5-6-14-24-20/h5-11,14-15,25H,1-4H3. The molecule has 0 fully saturated rings. The number of methoxy groups -OCH3 is 1. The Balaban J connectivity index is 1.80. The van der Waals surface area contributed by atoms with E-state index < -0.39 is 5.97 Å². The van der Waals surface area contributed by atoms with Crippen molar-refractivity contribution in [3.8, 4) is 23.5 Å². The molecule has 0 saturated carbocycles. The Morgan fingerprint density at radius 1 is 1.14 bits per heavy atom. The summed E-state index contributed by atoms with van der Waals surface area (Å²) in [6.07, 6.45) is 1.68. The van der Waals surface area contributed by atoms with E-state index in [0.717, 1.165) is 10.6 Å². The second-order valence-corrected chi connectivity index (χ2v) is 8.32. The zero-order chi connectivity index (χ0) is 20.9. The largest absolute Gasteiger partial charge is 0.465 e. The van der Waals surface area contributed by atoms with Gasteiger partial charge in [-0.2, -0.15) is 0 Å². The predicted octanol–water partition coefficient (Wildman–Crippen LogP) is 5.86. The molecule has 2 aromatic heterocycles. The number of hydrogen-bond donors (Lipinski definition) is 1. The Morgan fingerprint density at radius 3 is 2.52 bits per heavy atom. The molecule has 0 radical (unpaired) electrons. The summed E-state index contributed by atoms with van der Waals surface area (Å²) in [5, 5.41) is 3.27. The van der Waals surface area contributed by atoms with Crippen LogP contribution in [0, 0.1) is 17.3 Å². The van der Waals surface area contributed by atoms with E-state index in [1.54, 1.807) is 12.3 Å². The number of carbonyl (C=O) groups is 1. The maximum absolute atomic E-state index is 12.2. The number of ether oxygens (including phenoxy) is 2. The molecule has 1 aromatic carbocycles. The molecular formula is C23H22N2O3S. The van der Waals surface area contributed by atoms with Gasteiger partial charge in [0.1, 0.15) is 10.6 Å². The van der Waals surface area contributed by atoms with Gasteiger partial charge < -0.3 is 14.8 Å². The maximum atomic E-state index is 12.2. The number of hydrogen-bond acceptors (Lipinski definition) is 6. The first-order chi connectivity index (χ1) is 13.8. The van der Waals surface area contributed by atoms with Crippen LogP contribution in [0.15, 0.2) is 54.7 Å². The minimum Gasteiger partial charge on any atom is -0.465 e. The van der Waals surface area contributed by atoms with Crippen LogP contribution in [-0.2, 0) is 4.74 Å². The molecule has 0 unspecified atom stereocenters. The van der Waals surface area contributed by atoms with Crippen LogP contribution in [0.1, 0.15) is 35.3 Å². The molecule has 0 aliphatic carbocycles. The lowest BCUT2D eigenvalue weighted by Crippen LogP contribution is -2.01. The first-order valence-corrected chi connectivity index (χ1v) is 9.87. The fraction of sp³-hybridized carbons (Fsp3) is 0.217. The average molecular weight is 407 g/mol. The molecule has 5 nitrogen and oxygen atoms in total. The van der Waals surface area contributed by atoms with Crippen LogP contribution in [0.4, 0.5) is 11.4 Å². The third-order valence-electron chi connectivity index (χ3n) is 3.66. The number of nitrogens with zero attached hydrogens (tertiary/aromatic N) is 1. The summed E-state index contributed by atoms with van der Waals surface area (Å²) in [6.45, 7) is 6.13. The van der Waals surface area contributed by atoms with E-state index in [1.165, 1.54) is 18.4 Å². The Bertz CT molecular complexity index is 1040. The van der Waals surface area contributed by atoms with Gasteiger partial charge in [0, 0.05) is 23.4 Å². The van der Waals surface area contributed by atoms with Crippen molar-refractivity contribution in [1.82, 2.24) is 4.98 Å². The number of benzene rings is 1. The monoisotopic (exact) mass is 406 g/mol. The average Bonchev–Trinajstić information content (AvgIpc) is 3.10. The molecule has 148 valence electrons. The van der Waals surface area contributed by atoms with Crippen LogP contribution < -0.4 is 10.1 Å². The van der Waals surface area contributed by atoms with Gasteiger partial charge in [-0.05, 0) is 57.2 Å². The lowest BCUT2D eigenvalue weighted by atomic mass is 9.98. The number of esters is 1. The number of rotatable bonds is 5. The number of aromatic nitrogens is 1. The second-order valence-electron chi connectivity index (χ2n) is 7.26. The molecule has 2 heterocycles. The van der Waals surface area contributed by atoms with Crippen LogP contribution in [0.25, 0.3) is 0 Å². The molecule has 0 aliphatic heterocycles. The quantitative estimate of drug-likeness (QED) is 0.425. The third-order valence-corrected chi connectivity index (χ3v) is 4.69. The molecule has 6 heteroatoms. The van der Waals surface area contributed by atoms with E-state index >= 15 is 0 Å². The number of carbonyl (C=O) groups excluding carboxylic acids is 1. The topological polar surface area (TPSA) is 60.5 Å². The third kappa shape index (κ3) is 5.84. The number of thiophene rings is 1. The van der Waals surface area contributed by atoms with Gasteiger partial charge in [-0.15, -0.1) is 11.3 Å². The Hall–Kier alpha value is -3.30. The van der Waals surface area contributed by atoms with Gasteiger partial charge >= 0.3 is 5.97 Å². The van der Waals surface area contributed by atoms with Crippen molar-refractivity contribution < 1.29 is 14.3 Å². The van der Waals surface area contributed by atoms with Crippen molar-refractivity contribution >= 4 is 28.7 Å². The van der Waals surface area contributed by atoms with E-state index in [4.69, 9.17) is 9.47 Å². The number of nitrogens with one attached hydrogen (secondary N) is 1. The van der Waals surface area contributed by atoms with Gasteiger partial charge in [0.05, 0.1) is 17.7 Å². The van der Waals surface area contributed by atoms with Crippen LogP contribution in [0.2, 0.25) is 0 Å². The van der Waals surface area contributed by atoms with Gasteiger partial charge in [-0.25, -0.2) is 9.78 Å². The molecule has 29 heavy (non-hydrogen) atoms. The summed E-state index contributed by atoms with van der Waals surface area (Å²) in [4.78, 5) is 17.6. The fourth-order valence-electron chi connectivity index (χ4n) is 2.33. The van der Waals surface area contributed by atoms with Gasteiger partial charge in [0.2, 0.25) is 5.88 Å². The van der Waals surface area contributed by atoms with Gasteiger partial charge in [0.15, 0.2) is 0 Å². The summed E-state index contributed by atoms with van der Waals surface area (Å²) in [6, 6.07) is 14.8. The maximum Gasteiger partial charge on any atom is 0.350 e. The summed E-state index contributed by atoms with van der Waals surface area (Å²) in [5.41, 5.74) is 1.36. The van der Waals surface area contributed by atoms with E-state index in [1.807, 2.05) is 63.2 Å². The summed E-state index contributed by atoms with van der Waals surface area (Å²) in [7, 11) is 1.37. The SMILES string of the molecule is COC(=O)c1sc(C#CC(C)(C)C)cc1Nc1ccc(Oc2ccccn2)cc1. The zero-order valence-corrected chi connectivity index (χ0v) is 17.6. The molecule has 0 bridgehead atoms. The Morgan fingerprint density at radius 2 is 1.90 bits per heavy atom. The Kier molecular flexibility index (Phi) is 6.20. The van der Waals surface area contributed by atoms with Crippen molar-refractivity contribution in [2.75, 3.05) is 12.4 Å². The highest BCUT2D eigenvalue weighted by Gasteiger charge is 2.17. The highest BCUT2D eigenvalue weighted by atomic mass is 32.1. The first-order valence-electron chi connectivity index (χ1n) is 9.05. The van der Waals surface area contributed by atoms with Crippen LogP contribution >= 0.6 is 11.3 Å². The van der Waals surface area contributed by atoms with Crippen molar-refractivity contribution in [1.29, 1.82) is 0 Å². The van der Waals surface area contributed by atoms with Gasteiger partial charge in [0.25, 0.3) is 0 Å². The fourth-order valence-corrected chi connectivity index (χ4v) is 3.21. The van der Waals surface area contributed by atoms with Crippen molar-refractivity contribution in [3.63, 3.8) is 0 Å². The van der Waals surface area contributed by atoms with Crippen LogP contribution in [0.3, 0.4) is 0 Å². The minimum atomic E-state index is -0.392. The minimum absolute atomic E-state index is 0.119. The van der Waals surface area contributed by atoms with E-state index in [0.29, 0.717) is 22.2 Å². The normalized spacial score (nSPS) is 10.6. The van der Waals surface area contributed by atoms with Crippen LogP contribution in [-0.4, -0.2) is 18.1 Å². The number of pyridine rings is 1. The highest BCUT2D eigenvalue weighted by molar-refractivity contribution is 7.15. The summed E-state index contributed by atoms with van der Waals surface area (Å²) in [5.74, 6) is 7.14. The van der Waals surface area contributed by atoms with Crippen LogP contribution in [0.5, 0.6) is 11.6 Å². The van der Waals surface area contributed by atoms with Gasteiger partial charge in [-0.1, -0.05) is 17.9 Å². The van der Waals surface area contributed by atoms with E-state index in [-0.39, 0.29) is 5.41 Å². The molecule has 0 saturated heterocycles. The van der Waals surface area contributed by atoms with Crippen molar-refractivity contribution in [2.45, 2.75) is 20.8 Å². The van der Waals surface area contributed by atoms with E-state index in [2.05, 4.69) is 22.1 Å². The first kappa shape index (κ1) is 20.4. The second kappa shape index (κ2) is 8.80. The molecule has 3 aromatic rings. The summed E-state index contributed by atoms with van der Waals surface area (Å²) >= 11 is 1.31. The lowest BCUT2D eigenvalue weighted by Gasteiger charge is -2.08. The lowest BCUT2D eigenvalue weighted by molar-refractivity contribution is 0.0607. The smallest absolute Gasteiger partial charge is 0.350 e. The molecule has 3 rings (SSSR count). The molecule has 0 spiro atoms. The molecule has 1 N–H and O–H groups in total. The molecular weight excluding hydrogens is 384 g/mol. The zero-order valence-electron chi connectivity index (χ0n) is 16.8. The van der Waals surface area contributed by atoms with Crippen molar-refractivity contribution in [3.05, 3.63) is 64.5 Å². The molecule has 0 atom stereocenters. The molecule has 0 aliphatic rings. The Labute approximate surface area is 174 Å². The summed E-state index contributed by atoms with van der Waals surface area (Å²) < 4.78 is 10.6. The molecule has 0 amide bonds. The highest BCUT2D eigenvalue weighted by Crippen LogP contribution is 2.31.